The number of nitrogens with one attached hydrogen (secondary N) is 1. The lowest BCUT2D eigenvalue weighted by Crippen LogP contribution is -2.48. The molecule has 0 aliphatic carbocycles. The Kier molecular flexibility index (Phi) is 6.35. The first kappa shape index (κ1) is 12.9. The van der Waals surface area contributed by atoms with Crippen LogP contribution in [0.4, 0.5) is 0 Å². The summed E-state index contributed by atoms with van der Waals surface area (Å²) in [6.07, 6.45) is 5.44. The summed E-state index contributed by atoms with van der Waals surface area (Å²) in [6.45, 7) is 5.73. The first-order valence-corrected chi connectivity index (χ1v) is 5.48. The van der Waals surface area contributed by atoms with Gasteiger partial charge in [0, 0.05) is 6.54 Å². The van der Waals surface area contributed by atoms with Crippen molar-refractivity contribution in [3.63, 3.8) is 0 Å². The first-order chi connectivity index (χ1) is 5.92. The molecule has 80 valence electrons. The zero-order valence-corrected chi connectivity index (χ0v) is 10.1. The second-order valence-corrected chi connectivity index (χ2v) is 5.16. The van der Waals surface area contributed by atoms with Crippen molar-refractivity contribution in [3.05, 3.63) is 0 Å². The van der Waals surface area contributed by atoms with Crippen LogP contribution in [0.1, 0.15) is 39.5 Å². The van der Waals surface area contributed by atoms with Crippen molar-refractivity contribution in [2.75, 3.05) is 27.7 Å². The van der Waals surface area contributed by atoms with Crippen LogP contribution in [0.25, 0.3) is 0 Å². The Balaban J connectivity index is 3.09. The minimum Gasteiger partial charge on any atom is -0.253 e. The second kappa shape index (κ2) is 6.39. The molecule has 0 aliphatic rings. The fraction of sp³-hybridized carbons (Fsp3) is 1.00. The third-order valence-corrected chi connectivity index (χ3v) is 2.04. The Morgan fingerprint density at radius 1 is 1.00 bits per heavy atom. The van der Waals surface area contributed by atoms with Gasteiger partial charge in [-0.25, -0.2) is 0 Å². The largest absolute Gasteiger partial charge is 0.253 e. The van der Waals surface area contributed by atoms with E-state index < -0.39 is 0 Å². The van der Waals surface area contributed by atoms with Gasteiger partial charge in [0.05, 0.1) is 21.1 Å². The lowest BCUT2D eigenvalue weighted by Gasteiger charge is -2.23. The van der Waals surface area contributed by atoms with Crippen molar-refractivity contribution in [1.29, 1.82) is 0 Å². The van der Waals surface area contributed by atoms with Crippen LogP contribution < -0.4 is 5.43 Å². The number of nitrogens with zero attached hydrogens (tertiary/aromatic N) is 1. The number of rotatable bonds is 7. The van der Waals surface area contributed by atoms with Gasteiger partial charge in [-0.2, -0.15) is 5.43 Å². The molecule has 0 aliphatic heterocycles. The van der Waals surface area contributed by atoms with E-state index in [1.165, 1.54) is 25.7 Å². The van der Waals surface area contributed by atoms with Gasteiger partial charge in [-0.3, -0.25) is 4.59 Å². The highest BCUT2D eigenvalue weighted by Gasteiger charge is 2.03. The van der Waals surface area contributed by atoms with E-state index >= 15 is 0 Å². The van der Waals surface area contributed by atoms with Gasteiger partial charge in [0.25, 0.3) is 0 Å². The first-order valence-electron chi connectivity index (χ1n) is 5.48. The van der Waals surface area contributed by atoms with E-state index in [-0.39, 0.29) is 0 Å². The zero-order chi connectivity index (χ0) is 10.3. The van der Waals surface area contributed by atoms with Crippen LogP contribution in [0.15, 0.2) is 0 Å². The molecule has 0 radical (unpaired) electrons. The minimum absolute atomic E-state index is 0.865. The smallest absolute Gasteiger partial charge is 0.0853 e. The van der Waals surface area contributed by atoms with E-state index in [0.29, 0.717) is 0 Å². The molecule has 0 saturated carbocycles. The van der Waals surface area contributed by atoms with E-state index in [1.807, 2.05) is 0 Å². The quantitative estimate of drug-likeness (QED) is 0.367. The maximum Gasteiger partial charge on any atom is 0.0853 e. The maximum absolute atomic E-state index is 3.45. The molecule has 0 aromatic carbocycles. The molecule has 0 spiro atoms. The molecule has 0 aromatic heterocycles. The van der Waals surface area contributed by atoms with E-state index in [1.54, 1.807) is 0 Å². The molecule has 2 heteroatoms. The highest BCUT2D eigenvalue weighted by Crippen LogP contribution is 2.07. The summed E-state index contributed by atoms with van der Waals surface area (Å²) in [5.41, 5.74) is 3.45. The summed E-state index contributed by atoms with van der Waals surface area (Å²) in [5, 5.41) is 0. The van der Waals surface area contributed by atoms with Crippen molar-refractivity contribution in [2.45, 2.75) is 39.5 Å². The molecule has 1 N–H and O–H groups in total. The summed E-state index contributed by atoms with van der Waals surface area (Å²) in [5.74, 6) is 0.867. The monoisotopic (exact) mass is 187 g/mol. The summed E-state index contributed by atoms with van der Waals surface area (Å²) < 4.78 is 0.865. The van der Waals surface area contributed by atoms with Crippen LogP contribution in [0.5, 0.6) is 0 Å². The van der Waals surface area contributed by atoms with Crippen LogP contribution in [-0.2, 0) is 0 Å². The van der Waals surface area contributed by atoms with Gasteiger partial charge in [-0.15, -0.1) is 0 Å². The fourth-order valence-corrected chi connectivity index (χ4v) is 1.27. The topological polar surface area (TPSA) is 12.0 Å². The highest BCUT2D eigenvalue weighted by molar-refractivity contribution is 4.47. The van der Waals surface area contributed by atoms with Crippen LogP contribution in [0, 0.1) is 5.92 Å². The number of unbranched alkanes of at least 4 members (excludes halogenated alkanes) is 2. The Labute approximate surface area is 83.9 Å². The molecule has 13 heavy (non-hydrogen) atoms. The number of hydrogen-bond acceptors (Lipinski definition) is 1. The van der Waals surface area contributed by atoms with Crippen molar-refractivity contribution >= 4 is 0 Å². The molecular formula is C11H27N2+. The average Bonchev–Trinajstić information content (AvgIpc) is 1.93. The SMILES string of the molecule is CC(C)CCCCCN[N+](C)(C)C. The summed E-state index contributed by atoms with van der Waals surface area (Å²) >= 11 is 0. The van der Waals surface area contributed by atoms with Crippen molar-refractivity contribution < 1.29 is 4.59 Å². The molecule has 0 rings (SSSR count). The van der Waals surface area contributed by atoms with Gasteiger partial charge in [0.15, 0.2) is 0 Å². The van der Waals surface area contributed by atoms with E-state index in [9.17, 15) is 0 Å². The van der Waals surface area contributed by atoms with Crippen molar-refractivity contribution in [1.82, 2.24) is 5.43 Å². The van der Waals surface area contributed by atoms with Crippen molar-refractivity contribution in [3.8, 4) is 0 Å². The summed E-state index contributed by atoms with van der Waals surface area (Å²) in [7, 11) is 6.48. The Morgan fingerprint density at radius 3 is 2.08 bits per heavy atom. The third-order valence-electron chi connectivity index (χ3n) is 2.04. The van der Waals surface area contributed by atoms with Crippen molar-refractivity contribution in [2.24, 2.45) is 5.92 Å². The number of hydrogen-bond donors (Lipinski definition) is 1. The van der Waals surface area contributed by atoms with Gasteiger partial charge in [0.2, 0.25) is 0 Å². The van der Waals surface area contributed by atoms with Crippen LogP contribution in [-0.4, -0.2) is 32.3 Å². The molecule has 0 amide bonds. The standard InChI is InChI=1S/C11H27N2/c1-11(2)9-7-6-8-10-12-13(3,4)5/h11-12H,6-10H2,1-5H3/q+1. The van der Waals surface area contributed by atoms with Gasteiger partial charge in [-0.1, -0.05) is 33.1 Å². The van der Waals surface area contributed by atoms with Gasteiger partial charge in [0.1, 0.15) is 0 Å². The van der Waals surface area contributed by atoms with Gasteiger partial charge >= 0.3 is 0 Å². The Hall–Kier alpha value is -0.0800. The van der Waals surface area contributed by atoms with Crippen LogP contribution in [0.3, 0.4) is 0 Å². The molecule has 0 aromatic rings. The lowest BCUT2D eigenvalue weighted by molar-refractivity contribution is -0.915. The van der Waals surface area contributed by atoms with Gasteiger partial charge in [-0.05, 0) is 12.3 Å². The minimum atomic E-state index is 0.865. The summed E-state index contributed by atoms with van der Waals surface area (Å²) in [4.78, 5) is 0. The molecule has 0 bridgehead atoms. The van der Waals surface area contributed by atoms with E-state index in [0.717, 1.165) is 17.1 Å². The van der Waals surface area contributed by atoms with E-state index in [2.05, 4.69) is 40.4 Å². The molecule has 0 atom stereocenters. The fourth-order valence-electron chi connectivity index (χ4n) is 1.27. The maximum atomic E-state index is 3.45. The number of quaternary nitrogens is 1. The van der Waals surface area contributed by atoms with Crippen LogP contribution >= 0.6 is 0 Å². The highest BCUT2D eigenvalue weighted by atomic mass is 15.6. The zero-order valence-electron chi connectivity index (χ0n) is 10.1. The normalized spacial score (nSPS) is 12.5. The third kappa shape index (κ3) is 11.9. The average molecular weight is 187 g/mol. The molecule has 0 fully saturated rings. The Morgan fingerprint density at radius 2 is 1.62 bits per heavy atom. The molecule has 2 nitrogen and oxygen atoms in total. The summed E-state index contributed by atoms with van der Waals surface area (Å²) in [6, 6.07) is 0. The molecule has 0 saturated heterocycles. The van der Waals surface area contributed by atoms with E-state index in [4.69, 9.17) is 0 Å². The second-order valence-electron chi connectivity index (χ2n) is 5.16. The van der Waals surface area contributed by atoms with Gasteiger partial charge < -0.3 is 0 Å². The van der Waals surface area contributed by atoms with Crippen LogP contribution in [0.2, 0.25) is 0 Å². The lowest BCUT2D eigenvalue weighted by atomic mass is 10.1. The molecule has 0 unspecified atom stereocenters. The predicted molar refractivity (Wildman–Crippen MR) is 59.3 cm³/mol. The predicted octanol–water partition coefficient (Wildman–Crippen LogP) is 2.41. The molecule has 0 heterocycles. The molecular weight excluding hydrogens is 160 g/mol. The Bertz CT molecular complexity index is 114.